The van der Waals surface area contributed by atoms with Crippen molar-refractivity contribution in [1.29, 1.82) is 0 Å². The number of rotatable bonds is 10. The number of alkyl halides is 1. The third-order valence-electron chi connectivity index (χ3n) is 7.38. The molecule has 1 saturated heterocycles. The molecule has 4 aromatic heterocycles. The van der Waals surface area contributed by atoms with E-state index in [0.29, 0.717) is 45.7 Å². The summed E-state index contributed by atoms with van der Waals surface area (Å²) in [5, 5.41) is 15.4. The third-order valence-corrected chi connectivity index (χ3v) is 8.15. The van der Waals surface area contributed by atoms with Crippen LogP contribution in [0.4, 0.5) is 10.1 Å². The Balaban J connectivity index is 1.61. The predicted octanol–water partition coefficient (Wildman–Crippen LogP) is 1.01. The van der Waals surface area contributed by atoms with Crippen molar-refractivity contribution in [3.05, 3.63) is 81.1 Å². The van der Waals surface area contributed by atoms with Gasteiger partial charge < -0.3 is 15.3 Å². The van der Waals surface area contributed by atoms with Gasteiger partial charge in [-0.3, -0.25) is 0 Å². The third kappa shape index (κ3) is 5.95. The number of pyridine rings is 2. The molecule has 236 valence electrons. The number of phosphoric acid groups is 1. The number of aliphatic hydroxyl groups excluding tert-OH is 1. The van der Waals surface area contributed by atoms with Gasteiger partial charge in [-0.25, -0.2) is 14.4 Å². The van der Waals surface area contributed by atoms with Gasteiger partial charge in [-0.15, -0.1) is 0 Å². The number of hydrogen-bond donors (Lipinski definition) is 3. The molecule has 1 aliphatic heterocycles. The van der Waals surface area contributed by atoms with Crippen molar-refractivity contribution < 1.29 is 28.1 Å². The fraction of sp³-hybridized carbons (Fsp3) is 0.259. The van der Waals surface area contributed by atoms with Crippen LogP contribution in [0.15, 0.2) is 63.6 Å². The standard InChI is InChI=1S/C27H26BFN9O7P/c28-35-45-46(42,43)44-15-37-26(40)19-13-31-21-3-2-20(17-11-32-23(14-39)33-12-17)34-24(21)25(19)38(27(37)41)18-1-4-22(16(9-18)10-29)36-7-5-30-6-8-36/h1-4,9,11-13,28,30,39H,5-8,10,14-15H2,(H,42,43). The Kier molecular flexibility index (Phi) is 8.79. The van der Waals surface area contributed by atoms with Crippen molar-refractivity contribution in [1.82, 2.24) is 34.4 Å². The summed E-state index contributed by atoms with van der Waals surface area (Å²) in [7, 11) is -1.86. The number of nitrogens with one attached hydrogen (secondary N) is 1. The fourth-order valence-corrected chi connectivity index (χ4v) is 5.68. The van der Waals surface area contributed by atoms with E-state index in [2.05, 4.69) is 37.6 Å². The van der Waals surface area contributed by atoms with Gasteiger partial charge in [-0.05, 0) is 6.07 Å². The van der Waals surface area contributed by atoms with Gasteiger partial charge in [0.1, 0.15) is 6.61 Å². The van der Waals surface area contributed by atoms with Crippen LogP contribution in [0.25, 0.3) is 38.9 Å². The molecule has 3 N–H and O–H groups in total. The molecule has 1 unspecified atom stereocenters. The Hall–Kier alpha value is -4.74. The second-order valence-corrected chi connectivity index (χ2v) is 11.5. The molecule has 0 amide bonds. The van der Waals surface area contributed by atoms with Crippen LogP contribution in [0.2, 0.25) is 0 Å². The zero-order valence-corrected chi connectivity index (χ0v) is 25.0. The van der Waals surface area contributed by atoms with Crippen LogP contribution in [0, 0.1) is 0 Å². The molecule has 0 spiro atoms. The quantitative estimate of drug-likeness (QED) is 0.0839. The summed E-state index contributed by atoms with van der Waals surface area (Å²) in [5.41, 5.74) is 0.712. The van der Waals surface area contributed by atoms with Gasteiger partial charge in [-0.1, -0.05) is 0 Å². The summed E-state index contributed by atoms with van der Waals surface area (Å²) in [6, 6.07) is 8.13. The Morgan fingerprint density at radius 3 is 2.54 bits per heavy atom. The Morgan fingerprint density at radius 2 is 1.85 bits per heavy atom. The van der Waals surface area contributed by atoms with E-state index in [0.717, 1.165) is 17.7 Å². The number of halogens is 1. The molecule has 0 aliphatic carbocycles. The number of anilines is 1. The summed E-state index contributed by atoms with van der Waals surface area (Å²) < 4.78 is 37.5. The maximum absolute atomic E-state index is 14.5. The van der Waals surface area contributed by atoms with Crippen LogP contribution in [0.1, 0.15) is 11.4 Å². The number of phosphoric ester groups is 1. The van der Waals surface area contributed by atoms with E-state index in [9.17, 15) is 28.5 Å². The summed E-state index contributed by atoms with van der Waals surface area (Å²) in [6.45, 7) is 0.589. The van der Waals surface area contributed by atoms with Crippen molar-refractivity contribution >= 4 is 43.1 Å². The summed E-state index contributed by atoms with van der Waals surface area (Å²) >= 11 is 0. The first kappa shape index (κ1) is 31.3. The van der Waals surface area contributed by atoms with Crippen LogP contribution in [-0.2, 0) is 33.7 Å². The predicted molar refractivity (Wildman–Crippen MR) is 165 cm³/mol. The van der Waals surface area contributed by atoms with Gasteiger partial charge in [-0.2, -0.15) is 0 Å². The average Bonchev–Trinajstić information content (AvgIpc) is 3.08. The van der Waals surface area contributed by atoms with E-state index in [1.165, 1.54) is 24.7 Å². The second kappa shape index (κ2) is 12.9. The Labute approximate surface area is 259 Å². The van der Waals surface area contributed by atoms with Gasteiger partial charge in [0.25, 0.3) is 0 Å². The van der Waals surface area contributed by atoms with E-state index in [1.54, 1.807) is 24.3 Å². The van der Waals surface area contributed by atoms with Gasteiger partial charge in [0.15, 0.2) is 5.82 Å². The molecule has 5 aromatic rings. The fourth-order valence-electron chi connectivity index (χ4n) is 5.23. The first-order chi connectivity index (χ1) is 22.2. The number of aliphatic hydroxyl groups is 1. The first-order valence-electron chi connectivity index (χ1n) is 13.9. The summed E-state index contributed by atoms with van der Waals surface area (Å²) in [4.78, 5) is 57.0. The van der Waals surface area contributed by atoms with Gasteiger partial charge in [0, 0.05) is 44.1 Å². The number of aromatic nitrogens is 6. The first-order valence-corrected chi connectivity index (χ1v) is 15.4. The van der Waals surface area contributed by atoms with E-state index >= 15 is 0 Å². The molecule has 1 fully saturated rings. The SMILES string of the molecule is B=NOP(=O)(O)OCn1c(=O)c2cnc3ccc(-c4cnc(CO)nc4)nc3c2n(-c2ccc(N3CCNCC3)c(CF)c2)c1=O. The zero-order chi connectivity index (χ0) is 32.4. The molecular weight excluding hydrogens is 623 g/mol. The van der Waals surface area contributed by atoms with Crippen molar-refractivity contribution in [2.45, 2.75) is 20.0 Å². The minimum atomic E-state index is -4.82. The molecular formula is C27H26BFN9O7P. The van der Waals surface area contributed by atoms with Crippen LogP contribution < -0.4 is 21.5 Å². The average molecular weight is 649 g/mol. The number of nitrogens with zero attached hydrogens (tertiary/aromatic N) is 8. The second-order valence-electron chi connectivity index (χ2n) is 10.1. The van der Waals surface area contributed by atoms with Crippen molar-refractivity contribution in [2.75, 3.05) is 31.1 Å². The molecule has 0 saturated carbocycles. The Bertz CT molecular complexity index is 2120. The van der Waals surface area contributed by atoms with E-state index in [4.69, 9.17) is 9.51 Å². The summed E-state index contributed by atoms with van der Waals surface area (Å²) in [5.74, 6) is 0.211. The van der Waals surface area contributed by atoms with Gasteiger partial charge in [0.2, 0.25) is 0 Å². The monoisotopic (exact) mass is 649 g/mol. The molecule has 16 nitrogen and oxygen atoms in total. The molecule has 19 heteroatoms. The number of benzene rings is 1. The van der Waals surface area contributed by atoms with Gasteiger partial charge >= 0.3 is 168 Å². The molecule has 46 heavy (non-hydrogen) atoms. The van der Waals surface area contributed by atoms with Crippen LogP contribution in [0.3, 0.4) is 0 Å². The van der Waals surface area contributed by atoms with Crippen LogP contribution in [0.5, 0.6) is 0 Å². The summed E-state index contributed by atoms with van der Waals surface area (Å²) in [6.07, 6.45) is 4.19. The zero-order valence-electron chi connectivity index (χ0n) is 24.1. The van der Waals surface area contributed by atoms with E-state index < -0.39 is 32.5 Å². The van der Waals surface area contributed by atoms with Crippen molar-refractivity contribution in [3.8, 4) is 16.9 Å². The van der Waals surface area contributed by atoms with Gasteiger partial charge in [0.05, 0.1) is 0 Å². The van der Waals surface area contributed by atoms with E-state index in [-0.39, 0.29) is 34.5 Å². The van der Waals surface area contributed by atoms with Crippen LogP contribution >= 0.6 is 7.82 Å². The minimum absolute atomic E-state index is 0.0573. The number of hydrogen-bond acceptors (Lipinski definition) is 13. The number of fused-ring (bicyclic) bond motifs is 3. The molecule has 0 bridgehead atoms. The molecule has 1 atom stereocenters. The molecule has 0 radical (unpaired) electrons. The van der Waals surface area contributed by atoms with Crippen LogP contribution in [-0.4, -0.2) is 72.9 Å². The maximum atomic E-state index is 14.5. The topological polar surface area (TPSA) is 199 Å². The Morgan fingerprint density at radius 1 is 1.09 bits per heavy atom. The molecule has 1 aliphatic rings. The molecule has 5 heterocycles. The van der Waals surface area contributed by atoms with Crippen molar-refractivity contribution in [3.63, 3.8) is 0 Å². The van der Waals surface area contributed by atoms with E-state index in [1.807, 2.05) is 4.90 Å². The number of piperazine rings is 1. The molecule has 6 rings (SSSR count). The van der Waals surface area contributed by atoms with Crippen molar-refractivity contribution in [2.24, 2.45) is 5.06 Å². The molecule has 1 aromatic carbocycles. The normalized spacial score (nSPS) is 14.8.